The molecule has 9 aromatic carbocycles. The van der Waals surface area contributed by atoms with Gasteiger partial charge in [0.15, 0.2) is 17.5 Å². The molecule has 0 fully saturated rings. The van der Waals surface area contributed by atoms with E-state index in [4.69, 9.17) is 15.0 Å². The van der Waals surface area contributed by atoms with E-state index in [1.807, 2.05) is 30.0 Å². The first-order chi connectivity index (χ1) is 32.9. The Labute approximate surface area is 395 Å². The van der Waals surface area contributed by atoms with Gasteiger partial charge in [0.1, 0.15) is 0 Å². The van der Waals surface area contributed by atoms with Crippen LogP contribution in [0.3, 0.4) is 0 Å². The monoisotopic (exact) mass is 873 g/mol. The zero-order valence-corrected chi connectivity index (χ0v) is 37.9. The Morgan fingerprint density at radius 2 is 0.836 bits per heavy atom. The molecule has 0 amide bonds. The van der Waals surface area contributed by atoms with Crippen molar-refractivity contribution in [3.63, 3.8) is 0 Å². The van der Waals surface area contributed by atoms with Crippen LogP contribution in [-0.2, 0) is 10.8 Å². The van der Waals surface area contributed by atoms with Crippen molar-refractivity contribution in [2.75, 3.05) is 0 Å². The van der Waals surface area contributed by atoms with E-state index in [2.05, 4.69) is 220 Å². The van der Waals surface area contributed by atoms with Crippen molar-refractivity contribution in [2.24, 2.45) is 0 Å². The smallest absolute Gasteiger partial charge is 0.164 e. The van der Waals surface area contributed by atoms with Crippen molar-refractivity contribution in [3.8, 4) is 67.5 Å². The van der Waals surface area contributed by atoms with E-state index in [0.717, 1.165) is 44.5 Å². The minimum atomic E-state index is -0.675. The van der Waals surface area contributed by atoms with E-state index >= 15 is 0 Å². The second-order valence-electron chi connectivity index (χ2n) is 18.3. The Morgan fingerprint density at radius 3 is 1.52 bits per heavy atom. The molecule has 3 nitrogen and oxygen atoms in total. The lowest BCUT2D eigenvalue weighted by Gasteiger charge is -2.43. The Balaban J connectivity index is 1.08. The number of aromatic nitrogens is 3. The van der Waals surface area contributed by atoms with Crippen molar-refractivity contribution in [1.82, 2.24) is 15.0 Å². The summed E-state index contributed by atoms with van der Waals surface area (Å²) >= 11 is 1.90. The van der Waals surface area contributed by atoms with Gasteiger partial charge in [0.2, 0.25) is 0 Å². The van der Waals surface area contributed by atoms with Crippen molar-refractivity contribution >= 4 is 23.9 Å². The van der Waals surface area contributed by atoms with Crippen molar-refractivity contribution in [3.05, 3.63) is 257 Å². The van der Waals surface area contributed by atoms with Crippen LogP contribution < -0.4 is 0 Å². The largest absolute Gasteiger partial charge is 0.208 e. The molecular formula is C63H43N3S. The molecule has 0 N–H and O–H groups in total. The van der Waals surface area contributed by atoms with Crippen LogP contribution >= 0.6 is 11.8 Å². The number of nitrogens with zero attached hydrogens (tertiary/aromatic N) is 3. The Bertz CT molecular complexity index is 3580. The SMILES string of the molecule is CC1(C)c2ccccc2-c2cc3c(cc21)Sc1ccccc1C31c2ccccc2C=Cc2ccc(-c3nc(-c4ccccc4)nc(-c4cc(-c5ccccc5)cc(-c5ccccc5)c4)n3)cc21. The van der Waals surface area contributed by atoms with Gasteiger partial charge in [-0.15, -0.1) is 0 Å². The quantitative estimate of drug-likeness (QED) is 0.173. The molecule has 1 atom stereocenters. The summed E-state index contributed by atoms with van der Waals surface area (Å²) in [4.78, 5) is 18.6. The fourth-order valence-electron chi connectivity index (χ4n) is 11.0. The molecule has 1 aromatic heterocycles. The molecule has 13 rings (SSSR count). The summed E-state index contributed by atoms with van der Waals surface area (Å²) < 4.78 is 0. The van der Waals surface area contributed by atoms with Crippen LogP contribution in [0.5, 0.6) is 0 Å². The highest BCUT2D eigenvalue weighted by Gasteiger charge is 2.49. The number of fused-ring (bicyclic) bond motifs is 11. The molecule has 10 aromatic rings. The lowest BCUT2D eigenvalue weighted by molar-refractivity contribution is 0.652. The fourth-order valence-corrected chi connectivity index (χ4v) is 12.2. The van der Waals surface area contributed by atoms with Crippen LogP contribution in [0.1, 0.15) is 58.4 Å². The first-order valence-corrected chi connectivity index (χ1v) is 23.8. The Kier molecular flexibility index (Phi) is 9.03. The number of rotatable bonds is 5. The van der Waals surface area contributed by atoms with Gasteiger partial charge in [0.05, 0.1) is 5.41 Å². The molecule has 67 heavy (non-hydrogen) atoms. The number of benzene rings is 9. The molecule has 0 saturated carbocycles. The third-order valence-corrected chi connectivity index (χ3v) is 15.3. The van der Waals surface area contributed by atoms with Crippen LogP contribution in [-0.4, -0.2) is 15.0 Å². The molecule has 316 valence electrons. The number of hydrogen-bond acceptors (Lipinski definition) is 4. The standard InChI is InChI=1S/C63H43N3S/c1-62(2)52-27-15-13-25-49(52)50-38-56-58(39-55(50)62)67-57-29-17-16-28-53(57)63(56)51-26-14-12-22-42(51)30-31-43-32-33-45(37-54(43)63)60-64-59(44-23-10-5-11-24-44)65-61(66-60)48-35-46(40-18-6-3-7-19-40)34-47(36-48)41-20-8-4-9-21-41/h3-39H,1-2H3. The van der Waals surface area contributed by atoms with Gasteiger partial charge in [0.25, 0.3) is 0 Å². The summed E-state index contributed by atoms with van der Waals surface area (Å²) in [5.41, 5.74) is 19.2. The zero-order chi connectivity index (χ0) is 44.7. The molecule has 4 heteroatoms. The van der Waals surface area contributed by atoms with Crippen molar-refractivity contribution in [1.29, 1.82) is 0 Å². The topological polar surface area (TPSA) is 38.7 Å². The van der Waals surface area contributed by atoms with Gasteiger partial charge in [0, 0.05) is 31.9 Å². The van der Waals surface area contributed by atoms with Crippen LogP contribution in [0.25, 0.3) is 79.7 Å². The Hall–Kier alpha value is -7.92. The molecule has 0 radical (unpaired) electrons. The summed E-state index contributed by atoms with van der Waals surface area (Å²) in [5, 5.41) is 0. The molecule has 3 aliphatic rings. The van der Waals surface area contributed by atoms with Crippen molar-refractivity contribution in [2.45, 2.75) is 34.5 Å². The maximum atomic E-state index is 5.45. The molecule has 1 aliphatic heterocycles. The summed E-state index contributed by atoms with van der Waals surface area (Å²) in [6, 6.07) is 77.0. The molecular weight excluding hydrogens is 831 g/mol. The number of hydrogen-bond donors (Lipinski definition) is 0. The van der Waals surface area contributed by atoms with Gasteiger partial charge in [-0.05, 0) is 120 Å². The predicted molar refractivity (Wildman–Crippen MR) is 276 cm³/mol. The maximum Gasteiger partial charge on any atom is 0.164 e. The average molecular weight is 874 g/mol. The maximum absolute atomic E-state index is 5.45. The van der Waals surface area contributed by atoms with Gasteiger partial charge >= 0.3 is 0 Å². The van der Waals surface area contributed by atoms with Crippen LogP contribution in [0, 0.1) is 0 Å². The molecule has 0 bridgehead atoms. The fraction of sp³-hybridized carbons (Fsp3) is 0.0635. The molecule has 1 spiro atoms. The average Bonchev–Trinajstić information content (AvgIpc) is 3.51. The van der Waals surface area contributed by atoms with E-state index in [-0.39, 0.29) is 5.41 Å². The minimum Gasteiger partial charge on any atom is -0.208 e. The van der Waals surface area contributed by atoms with Crippen LogP contribution in [0.2, 0.25) is 0 Å². The van der Waals surface area contributed by atoms with E-state index in [9.17, 15) is 0 Å². The second kappa shape index (κ2) is 15.3. The van der Waals surface area contributed by atoms with E-state index in [1.54, 1.807) is 0 Å². The van der Waals surface area contributed by atoms with Gasteiger partial charge < -0.3 is 0 Å². The first-order valence-electron chi connectivity index (χ1n) is 23.0. The van der Waals surface area contributed by atoms with Gasteiger partial charge in [-0.3, -0.25) is 0 Å². The van der Waals surface area contributed by atoms with Gasteiger partial charge in [-0.2, -0.15) is 0 Å². The summed E-state index contributed by atoms with van der Waals surface area (Å²) in [6.07, 6.45) is 4.61. The molecule has 1 unspecified atom stereocenters. The second-order valence-corrected chi connectivity index (χ2v) is 19.4. The van der Waals surface area contributed by atoms with E-state index in [0.29, 0.717) is 17.5 Å². The summed E-state index contributed by atoms with van der Waals surface area (Å²) in [7, 11) is 0. The van der Waals surface area contributed by atoms with Gasteiger partial charge in [-0.1, -0.05) is 208 Å². The minimum absolute atomic E-state index is 0.130. The Morgan fingerprint density at radius 1 is 0.313 bits per heavy atom. The zero-order valence-electron chi connectivity index (χ0n) is 37.1. The highest BCUT2D eigenvalue weighted by atomic mass is 32.2. The lowest BCUT2D eigenvalue weighted by atomic mass is 9.62. The summed E-state index contributed by atoms with van der Waals surface area (Å²) in [5.74, 6) is 1.87. The third kappa shape index (κ3) is 6.24. The normalized spacial score (nSPS) is 15.7. The van der Waals surface area contributed by atoms with Crippen LogP contribution in [0.15, 0.2) is 222 Å². The summed E-state index contributed by atoms with van der Waals surface area (Å²) in [6.45, 7) is 4.75. The van der Waals surface area contributed by atoms with E-state index < -0.39 is 5.41 Å². The highest BCUT2D eigenvalue weighted by molar-refractivity contribution is 7.99. The predicted octanol–water partition coefficient (Wildman–Crippen LogP) is 15.8. The first kappa shape index (κ1) is 39.4. The molecule has 2 heterocycles. The lowest BCUT2D eigenvalue weighted by Crippen LogP contribution is -2.35. The van der Waals surface area contributed by atoms with Gasteiger partial charge in [-0.25, -0.2) is 15.0 Å². The van der Waals surface area contributed by atoms with E-state index in [1.165, 1.54) is 59.9 Å². The van der Waals surface area contributed by atoms with Crippen molar-refractivity contribution < 1.29 is 0 Å². The molecule has 2 aliphatic carbocycles. The highest BCUT2D eigenvalue weighted by Crippen LogP contribution is 2.61. The van der Waals surface area contributed by atoms with Crippen LogP contribution in [0.4, 0.5) is 0 Å². The molecule has 0 saturated heterocycles. The third-order valence-electron chi connectivity index (χ3n) is 14.2.